The largest absolute Gasteiger partial charge is 0.419 e. The van der Waals surface area contributed by atoms with Crippen LogP contribution in [0.3, 0.4) is 0 Å². The minimum Gasteiger partial charge on any atom is -0.379 e. The number of amides is 2. The van der Waals surface area contributed by atoms with Crippen molar-refractivity contribution >= 4 is 11.8 Å². The maximum atomic E-state index is 13.4. The molecular formula is C20H23F3N2O3. The van der Waals surface area contributed by atoms with Crippen molar-refractivity contribution in [3.8, 4) is 0 Å². The molecule has 3 rings (SSSR count). The Morgan fingerprint density at radius 3 is 2.11 bits per heavy atom. The van der Waals surface area contributed by atoms with Gasteiger partial charge in [-0.3, -0.25) is 9.59 Å². The van der Waals surface area contributed by atoms with E-state index in [0.29, 0.717) is 31.5 Å². The zero-order chi connectivity index (χ0) is 20.6. The minimum atomic E-state index is -4.79. The van der Waals surface area contributed by atoms with Gasteiger partial charge in [-0.15, -0.1) is 0 Å². The summed E-state index contributed by atoms with van der Waals surface area (Å²) in [6.45, 7) is 3.16. The summed E-state index contributed by atoms with van der Waals surface area (Å²) in [6, 6.07) is 8.93. The van der Waals surface area contributed by atoms with Gasteiger partial charge in [-0.2, -0.15) is 13.2 Å². The Labute approximate surface area is 161 Å². The number of carbonyl (C=O) groups is 2. The predicted octanol–water partition coefficient (Wildman–Crippen LogP) is 2.26. The standard InChI is InChI=1S/C20H23F3N2O3/c1-2-16(26)24-11-8-18(9-12-24,15-6-4-3-5-7-15)17(27)25-13-10-19(28,14-25)20(21,22)23/h2-7,28H,1,8-14H2. The highest BCUT2D eigenvalue weighted by molar-refractivity contribution is 5.90. The van der Waals surface area contributed by atoms with Crippen LogP contribution in [-0.4, -0.2) is 64.7 Å². The number of rotatable bonds is 3. The van der Waals surface area contributed by atoms with E-state index in [4.69, 9.17) is 0 Å². The van der Waals surface area contributed by atoms with Crippen LogP contribution in [0.4, 0.5) is 13.2 Å². The molecule has 1 N–H and O–H groups in total. The number of aliphatic hydroxyl groups is 1. The van der Waals surface area contributed by atoms with Gasteiger partial charge in [0.05, 0.1) is 12.0 Å². The SMILES string of the molecule is C=CC(=O)N1CCC(C(=O)N2CCC(O)(C(F)(F)F)C2)(c2ccccc2)CC1. The Kier molecular flexibility index (Phi) is 5.27. The van der Waals surface area contributed by atoms with E-state index in [1.165, 1.54) is 6.08 Å². The Hall–Kier alpha value is -2.35. The lowest BCUT2D eigenvalue weighted by Gasteiger charge is -2.43. The Morgan fingerprint density at radius 1 is 1.04 bits per heavy atom. The fraction of sp³-hybridized carbons (Fsp3) is 0.500. The molecule has 1 unspecified atom stereocenters. The summed E-state index contributed by atoms with van der Waals surface area (Å²) in [6.07, 6.45) is -3.51. The van der Waals surface area contributed by atoms with Crippen molar-refractivity contribution in [1.29, 1.82) is 0 Å². The topological polar surface area (TPSA) is 60.9 Å². The van der Waals surface area contributed by atoms with E-state index in [1.54, 1.807) is 35.2 Å². The molecule has 2 amide bonds. The van der Waals surface area contributed by atoms with E-state index in [0.717, 1.165) is 4.90 Å². The molecule has 2 saturated heterocycles. The van der Waals surface area contributed by atoms with Crippen LogP contribution in [0.2, 0.25) is 0 Å². The molecule has 2 aliphatic heterocycles. The summed E-state index contributed by atoms with van der Waals surface area (Å²) in [7, 11) is 0. The molecule has 1 aromatic rings. The van der Waals surface area contributed by atoms with Gasteiger partial charge < -0.3 is 14.9 Å². The second kappa shape index (κ2) is 7.24. The van der Waals surface area contributed by atoms with Gasteiger partial charge in [0.2, 0.25) is 11.8 Å². The average Bonchev–Trinajstić information content (AvgIpc) is 3.11. The number of β-amino-alcohol motifs (C(OH)–C–C–N with tert-alkyl or cyclic N) is 1. The Morgan fingerprint density at radius 2 is 1.61 bits per heavy atom. The van der Waals surface area contributed by atoms with Crippen molar-refractivity contribution in [2.75, 3.05) is 26.2 Å². The van der Waals surface area contributed by atoms with E-state index in [2.05, 4.69) is 6.58 Å². The summed E-state index contributed by atoms with van der Waals surface area (Å²) < 4.78 is 39.5. The van der Waals surface area contributed by atoms with Gasteiger partial charge in [0, 0.05) is 26.1 Å². The molecule has 2 aliphatic rings. The molecule has 0 aromatic heterocycles. The molecule has 8 heteroatoms. The zero-order valence-electron chi connectivity index (χ0n) is 15.4. The van der Waals surface area contributed by atoms with Crippen LogP contribution in [-0.2, 0) is 15.0 Å². The van der Waals surface area contributed by atoms with E-state index in [1.807, 2.05) is 0 Å². The lowest BCUT2D eigenvalue weighted by Crippen LogP contribution is -2.55. The van der Waals surface area contributed by atoms with E-state index in [9.17, 15) is 27.9 Å². The molecule has 5 nitrogen and oxygen atoms in total. The fourth-order valence-corrected chi connectivity index (χ4v) is 4.12. The van der Waals surface area contributed by atoms with Crippen LogP contribution in [0, 0.1) is 0 Å². The van der Waals surface area contributed by atoms with Gasteiger partial charge in [-0.25, -0.2) is 0 Å². The first-order valence-electron chi connectivity index (χ1n) is 9.18. The van der Waals surface area contributed by atoms with Crippen LogP contribution in [0.5, 0.6) is 0 Å². The molecule has 152 valence electrons. The van der Waals surface area contributed by atoms with Crippen molar-refractivity contribution in [2.24, 2.45) is 0 Å². The maximum Gasteiger partial charge on any atom is 0.419 e. The molecule has 2 heterocycles. The van der Waals surface area contributed by atoms with Gasteiger partial charge in [0.15, 0.2) is 5.60 Å². The van der Waals surface area contributed by atoms with Gasteiger partial charge in [0.1, 0.15) is 0 Å². The van der Waals surface area contributed by atoms with Crippen molar-refractivity contribution in [2.45, 2.75) is 36.5 Å². The molecule has 1 atom stereocenters. The number of halogens is 3. The molecule has 28 heavy (non-hydrogen) atoms. The highest BCUT2D eigenvalue weighted by Gasteiger charge is 2.59. The molecular weight excluding hydrogens is 373 g/mol. The Balaban J connectivity index is 1.88. The summed E-state index contributed by atoms with van der Waals surface area (Å²) in [4.78, 5) is 28.0. The first-order valence-corrected chi connectivity index (χ1v) is 9.18. The number of alkyl halides is 3. The summed E-state index contributed by atoms with van der Waals surface area (Å²) >= 11 is 0. The van der Waals surface area contributed by atoms with Crippen molar-refractivity contribution in [3.63, 3.8) is 0 Å². The lowest BCUT2D eigenvalue weighted by molar-refractivity contribution is -0.253. The van der Waals surface area contributed by atoms with Crippen molar-refractivity contribution in [1.82, 2.24) is 9.80 Å². The quantitative estimate of drug-likeness (QED) is 0.798. The summed E-state index contributed by atoms with van der Waals surface area (Å²) in [5.74, 6) is -0.661. The third-order valence-electron chi connectivity index (χ3n) is 5.90. The second-order valence-electron chi connectivity index (χ2n) is 7.48. The highest BCUT2D eigenvalue weighted by atomic mass is 19.4. The first kappa shape index (κ1) is 20.4. The number of hydrogen-bond donors (Lipinski definition) is 1. The first-order chi connectivity index (χ1) is 13.1. The van der Waals surface area contributed by atoms with Gasteiger partial charge in [-0.1, -0.05) is 36.9 Å². The van der Waals surface area contributed by atoms with E-state index >= 15 is 0 Å². The number of nitrogens with zero attached hydrogens (tertiary/aromatic N) is 2. The molecule has 0 radical (unpaired) electrons. The number of likely N-dealkylation sites (tertiary alicyclic amines) is 2. The maximum absolute atomic E-state index is 13.4. The third kappa shape index (κ3) is 3.41. The zero-order valence-corrected chi connectivity index (χ0v) is 15.4. The number of benzene rings is 1. The van der Waals surface area contributed by atoms with Gasteiger partial charge in [0.25, 0.3) is 0 Å². The number of hydrogen-bond acceptors (Lipinski definition) is 3. The molecule has 0 aliphatic carbocycles. The molecule has 1 aromatic carbocycles. The predicted molar refractivity (Wildman–Crippen MR) is 96.3 cm³/mol. The van der Waals surface area contributed by atoms with Crippen LogP contribution in [0.25, 0.3) is 0 Å². The number of carbonyl (C=O) groups excluding carboxylic acids is 2. The second-order valence-corrected chi connectivity index (χ2v) is 7.48. The summed E-state index contributed by atoms with van der Waals surface area (Å²) in [5, 5.41) is 9.96. The minimum absolute atomic E-state index is 0.154. The normalized spacial score (nSPS) is 24.9. The monoisotopic (exact) mass is 396 g/mol. The Bertz CT molecular complexity index is 758. The summed E-state index contributed by atoms with van der Waals surface area (Å²) in [5.41, 5.74) is -3.18. The van der Waals surface area contributed by atoms with Crippen molar-refractivity contribution in [3.05, 3.63) is 48.6 Å². The van der Waals surface area contributed by atoms with E-state index < -0.39 is 36.1 Å². The lowest BCUT2D eigenvalue weighted by atomic mass is 9.71. The third-order valence-corrected chi connectivity index (χ3v) is 5.90. The average molecular weight is 396 g/mol. The van der Waals surface area contributed by atoms with Gasteiger partial charge in [-0.05, 0) is 24.5 Å². The van der Waals surface area contributed by atoms with Crippen molar-refractivity contribution < 1.29 is 27.9 Å². The smallest absolute Gasteiger partial charge is 0.379 e. The highest BCUT2D eigenvalue weighted by Crippen LogP contribution is 2.42. The molecule has 2 fully saturated rings. The van der Waals surface area contributed by atoms with Crippen LogP contribution < -0.4 is 0 Å². The van der Waals surface area contributed by atoms with Crippen LogP contribution >= 0.6 is 0 Å². The van der Waals surface area contributed by atoms with Crippen LogP contribution in [0.1, 0.15) is 24.8 Å². The molecule has 0 bridgehead atoms. The number of piperidine rings is 1. The fourth-order valence-electron chi connectivity index (χ4n) is 4.12. The van der Waals surface area contributed by atoms with Gasteiger partial charge >= 0.3 is 6.18 Å². The molecule has 0 spiro atoms. The van der Waals surface area contributed by atoms with Crippen LogP contribution in [0.15, 0.2) is 43.0 Å². The van der Waals surface area contributed by atoms with E-state index in [-0.39, 0.29) is 12.5 Å². The molecule has 0 saturated carbocycles.